The van der Waals surface area contributed by atoms with E-state index in [0.29, 0.717) is 22.1 Å². The van der Waals surface area contributed by atoms with Crippen LogP contribution in [0.2, 0.25) is 5.02 Å². The number of nitrogens with one attached hydrogen (secondary N) is 1. The predicted octanol–water partition coefficient (Wildman–Crippen LogP) is 4.70. The second kappa shape index (κ2) is 9.25. The van der Waals surface area contributed by atoms with Crippen LogP contribution in [0.5, 0.6) is 0 Å². The topological polar surface area (TPSA) is 60.8 Å². The number of hydrogen-bond donors (Lipinski definition) is 1. The molecule has 0 aliphatic carbocycles. The molecule has 1 fully saturated rings. The Kier molecular flexibility index (Phi) is 6.60. The van der Waals surface area contributed by atoms with E-state index in [9.17, 15) is 9.59 Å². The van der Waals surface area contributed by atoms with Gasteiger partial charge in [-0.1, -0.05) is 44.0 Å². The number of ketones is 1. The number of amides is 1. The second-order valence-electron chi connectivity index (χ2n) is 8.56. The first-order valence-corrected chi connectivity index (χ1v) is 11.8. The number of halogens is 1. The van der Waals surface area contributed by atoms with E-state index in [-0.39, 0.29) is 17.7 Å². The van der Waals surface area contributed by atoms with E-state index in [0.717, 1.165) is 50.4 Å². The molecule has 172 valence electrons. The predicted molar refractivity (Wildman–Crippen MR) is 129 cm³/mol. The summed E-state index contributed by atoms with van der Waals surface area (Å²) in [6, 6.07) is 8.07. The highest BCUT2D eigenvalue weighted by Crippen LogP contribution is 2.46. The van der Waals surface area contributed by atoms with Gasteiger partial charge >= 0.3 is 0 Å². The first kappa shape index (κ1) is 22.8. The number of carbonyl (C=O) groups excluding carboxylic acids is 2. The van der Waals surface area contributed by atoms with E-state index in [1.54, 1.807) is 11.6 Å². The molecule has 0 spiro atoms. The Morgan fingerprint density at radius 1 is 1.22 bits per heavy atom. The van der Waals surface area contributed by atoms with Crippen molar-refractivity contribution >= 4 is 40.4 Å². The van der Waals surface area contributed by atoms with E-state index in [4.69, 9.17) is 11.6 Å². The number of para-hydroxylation sites is 2. The Labute approximate surface area is 194 Å². The molecule has 8 heteroatoms. The van der Waals surface area contributed by atoms with Gasteiger partial charge < -0.3 is 14.8 Å². The number of anilines is 3. The van der Waals surface area contributed by atoms with Gasteiger partial charge in [0.1, 0.15) is 17.1 Å². The molecule has 1 aromatic carbocycles. The zero-order valence-corrected chi connectivity index (χ0v) is 20.1. The fourth-order valence-electron chi connectivity index (χ4n) is 5.02. The van der Waals surface area contributed by atoms with Crippen LogP contribution in [0.1, 0.15) is 61.0 Å². The largest absolute Gasteiger partial charge is 0.334 e. The maximum atomic E-state index is 13.3. The summed E-state index contributed by atoms with van der Waals surface area (Å²) in [5.41, 5.74) is 2.96. The smallest absolute Gasteiger partial charge is 0.274 e. The maximum absolute atomic E-state index is 13.3. The second-order valence-corrected chi connectivity index (χ2v) is 8.93. The molecule has 2 aliphatic rings. The molecule has 32 heavy (non-hydrogen) atoms. The fraction of sp³-hybridized carbons (Fsp3) is 0.500. The van der Waals surface area contributed by atoms with Gasteiger partial charge in [-0.25, -0.2) is 5.01 Å². The van der Waals surface area contributed by atoms with Crippen molar-refractivity contribution in [3.05, 3.63) is 40.7 Å². The van der Waals surface area contributed by atoms with Gasteiger partial charge in [-0.2, -0.15) is 0 Å². The first-order valence-electron chi connectivity index (χ1n) is 11.5. The van der Waals surface area contributed by atoms with Crippen molar-refractivity contribution in [1.29, 1.82) is 0 Å². The average molecular weight is 458 g/mol. The zero-order valence-electron chi connectivity index (χ0n) is 19.3. The highest BCUT2D eigenvalue weighted by Gasteiger charge is 2.39. The number of carbonyl (C=O) groups is 2. The van der Waals surface area contributed by atoms with Gasteiger partial charge in [0.05, 0.1) is 16.4 Å². The molecular formula is C24H32ClN5O2. The molecule has 2 aliphatic heterocycles. The van der Waals surface area contributed by atoms with Crippen LogP contribution in [0.4, 0.5) is 17.1 Å². The minimum absolute atomic E-state index is 0.162. The number of fused-ring (bicyclic) bond motifs is 2. The Hall–Kier alpha value is -2.35. The molecule has 1 aromatic heterocycles. The first-order chi connectivity index (χ1) is 15.4. The van der Waals surface area contributed by atoms with Crippen molar-refractivity contribution in [1.82, 2.24) is 14.5 Å². The third kappa shape index (κ3) is 3.83. The molecule has 1 unspecified atom stereocenters. The quantitative estimate of drug-likeness (QED) is 0.637. The van der Waals surface area contributed by atoms with Crippen LogP contribution in [-0.4, -0.2) is 58.4 Å². The van der Waals surface area contributed by atoms with Gasteiger partial charge in [-0.05, 0) is 38.1 Å². The van der Waals surface area contributed by atoms with E-state index in [1.165, 1.54) is 13.3 Å². The number of hydrogen-bond acceptors (Lipinski definition) is 5. The fourth-order valence-corrected chi connectivity index (χ4v) is 5.45. The van der Waals surface area contributed by atoms with Crippen molar-refractivity contribution in [2.75, 3.05) is 36.5 Å². The molecule has 1 atom stereocenters. The summed E-state index contributed by atoms with van der Waals surface area (Å²) in [5, 5.41) is 7.82. The zero-order chi connectivity index (χ0) is 23.0. The number of hydrazine groups is 1. The minimum atomic E-state index is -0.260. The summed E-state index contributed by atoms with van der Waals surface area (Å²) < 4.78 is 1.64. The van der Waals surface area contributed by atoms with Crippen LogP contribution in [0.15, 0.2) is 24.3 Å². The van der Waals surface area contributed by atoms with E-state index in [1.807, 2.05) is 24.3 Å². The Morgan fingerprint density at radius 2 is 1.94 bits per heavy atom. The summed E-state index contributed by atoms with van der Waals surface area (Å²) >= 11 is 6.87. The lowest BCUT2D eigenvalue weighted by molar-refractivity contribution is 0.100. The summed E-state index contributed by atoms with van der Waals surface area (Å²) in [6.07, 6.45) is 3.30. The molecule has 1 amide bonds. The highest BCUT2D eigenvalue weighted by molar-refractivity contribution is 6.38. The van der Waals surface area contributed by atoms with Crippen LogP contribution < -0.4 is 10.3 Å². The van der Waals surface area contributed by atoms with Gasteiger partial charge in [0.15, 0.2) is 5.78 Å². The van der Waals surface area contributed by atoms with E-state index < -0.39 is 0 Å². The lowest BCUT2D eigenvalue weighted by Crippen LogP contribution is -2.53. The molecule has 4 rings (SSSR count). The Balaban J connectivity index is 1.92. The molecule has 0 bridgehead atoms. The number of likely N-dealkylation sites (N-methyl/N-ethyl adjacent to an activating group) is 1. The average Bonchev–Trinajstić information content (AvgIpc) is 2.95. The summed E-state index contributed by atoms with van der Waals surface area (Å²) in [5.74, 6) is -0.422. The Morgan fingerprint density at radius 3 is 2.62 bits per heavy atom. The summed E-state index contributed by atoms with van der Waals surface area (Å²) in [4.78, 5) is 28.2. The molecule has 0 saturated carbocycles. The lowest BCUT2D eigenvalue weighted by atomic mass is 10.0. The van der Waals surface area contributed by atoms with Gasteiger partial charge in [-0.3, -0.25) is 14.6 Å². The summed E-state index contributed by atoms with van der Waals surface area (Å²) in [6.45, 7) is 9.63. The number of benzene rings is 1. The van der Waals surface area contributed by atoms with Gasteiger partial charge in [-0.15, -0.1) is 0 Å². The van der Waals surface area contributed by atoms with Crippen molar-refractivity contribution in [2.45, 2.75) is 46.1 Å². The van der Waals surface area contributed by atoms with E-state index >= 15 is 0 Å². The number of rotatable bonds is 6. The van der Waals surface area contributed by atoms with Crippen molar-refractivity contribution in [2.24, 2.45) is 7.05 Å². The number of nitrogens with zero attached hydrogens (tertiary/aromatic N) is 4. The van der Waals surface area contributed by atoms with Crippen LogP contribution >= 0.6 is 11.6 Å². The van der Waals surface area contributed by atoms with Crippen LogP contribution in [0.3, 0.4) is 0 Å². The maximum Gasteiger partial charge on any atom is 0.274 e. The van der Waals surface area contributed by atoms with Crippen molar-refractivity contribution < 1.29 is 9.59 Å². The molecular weight excluding hydrogens is 426 g/mol. The number of Topliss-reactive ketones (excluding diaryl/α,β-unsaturated/α-hetero) is 1. The molecule has 3 heterocycles. The van der Waals surface area contributed by atoms with Gasteiger partial charge in [0, 0.05) is 33.1 Å². The van der Waals surface area contributed by atoms with Gasteiger partial charge in [0.25, 0.3) is 5.91 Å². The lowest BCUT2D eigenvalue weighted by Gasteiger charge is -2.45. The molecule has 2 aromatic rings. The SMILES string of the molecule is CCN(CC)CC1CCCCN1N1c2ccccc2NC(=O)c2c1c(Cl)c(C(C)=O)n2C. The number of piperidine rings is 1. The van der Waals surface area contributed by atoms with Crippen molar-refractivity contribution in [3.63, 3.8) is 0 Å². The Bertz CT molecular complexity index is 1030. The van der Waals surface area contributed by atoms with E-state index in [2.05, 4.69) is 34.1 Å². The minimum Gasteiger partial charge on any atom is -0.334 e. The standard InChI is InChI=1S/C24H32ClN5O2/c1-5-28(6-2)15-17-11-9-10-14-29(17)30-19-13-8-7-12-18(19)26-24(32)23-22(30)20(25)21(16(3)31)27(23)4/h7-8,12-13,17H,5-6,9-11,14-15H2,1-4H3,(H,26,32). The van der Waals surface area contributed by atoms with Crippen LogP contribution in [0, 0.1) is 0 Å². The van der Waals surface area contributed by atoms with Crippen molar-refractivity contribution in [3.8, 4) is 0 Å². The normalized spacial score (nSPS) is 18.9. The molecule has 1 saturated heterocycles. The number of aromatic nitrogens is 1. The van der Waals surface area contributed by atoms with Crippen LogP contribution in [-0.2, 0) is 7.05 Å². The molecule has 7 nitrogen and oxygen atoms in total. The summed E-state index contributed by atoms with van der Waals surface area (Å²) in [7, 11) is 1.73. The van der Waals surface area contributed by atoms with Gasteiger partial charge in [0.2, 0.25) is 0 Å². The molecule has 1 N–H and O–H groups in total. The molecule has 0 radical (unpaired) electrons. The van der Waals surface area contributed by atoms with Crippen LogP contribution in [0.25, 0.3) is 0 Å². The third-order valence-electron chi connectivity index (χ3n) is 6.67. The monoisotopic (exact) mass is 457 g/mol. The highest BCUT2D eigenvalue weighted by atomic mass is 35.5. The third-order valence-corrected chi connectivity index (χ3v) is 7.03.